The molecule has 3 aromatic rings. The first-order chi connectivity index (χ1) is 17.2. The molecule has 0 spiro atoms. The number of thioether (sulfide) groups is 1. The summed E-state index contributed by atoms with van der Waals surface area (Å²) in [6.45, 7) is 5.06. The van der Waals surface area contributed by atoms with Gasteiger partial charge >= 0.3 is 11.9 Å². The van der Waals surface area contributed by atoms with E-state index >= 15 is 0 Å². The largest absolute Gasteiger partial charge is 0.463 e. The molecule has 1 aliphatic heterocycles. The topological polar surface area (TPSA) is 87.0 Å². The molecule has 2 aromatic carbocycles. The third-order valence-electron chi connectivity index (χ3n) is 5.46. The summed E-state index contributed by atoms with van der Waals surface area (Å²) < 4.78 is 13.1. The summed E-state index contributed by atoms with van der Waals surface area (Å²) in [5, 5.41) is 0. The first-order valence-corrected chi connectivity index (χ1v) is 13.9. The van der Waals surface area contributed by atoms with E-state index in [2.05, 4.69) is 20.9 Å². The Morgan fingerprint density at radius 1 is 1.22 bits per heavy atom. The molecule has 1 aliphatic rings. The van der Waals surface area contributed by atoms with Crippen LogP contribution in [-0.4, -0.2) is 29.4 Å². The van der Waals surface area contributed by atoms with Gasteiger partial charge in [0.05, 0.1) is 32.9 Å². The molecule has 0 aliphatic carbocycles. The number of benzene rings is 2. The van der Waals surface area contributed by atoms with Gasteiger partial charge in [0, 0.05) is 11.8 Å². The van der Waals surface area contributed by atoms with Crippen molar-refractivity contribution in [1.29, 1.82) is 0 Å². The lowest BCUT2D eigenvalue weighted by molar-refractivity contribution is -0.139. The highest BCUT2D eigenvalue weighted by atomic mass is 79.9. The van der Waals surface area contributed by atoms with Gasteiger partial charge in [-0.1, -0.05) is 29.5 Å². The average molecular weight is 588 g/mol. The molecule has 0 amide bonds. The van der Waals surface area contributed by atoms with E-state index in [4.69, 9.17) is 9.47 Å². The van der Waals surface area contributed by atoms with Crippen LogP contribution in [0.3, 0.4) is 0 Å². The smallest absolute Gasteiger partial charge is 0.338 e. The maximum Gasteiger partial charge on any atom is 0.338 e. The predicted molar refractivity (Wildman–Crippen MR) is 144 cm³/mol. The molecule has 36 heavy (non-hydrogen) atoms. The van der Waals surface area contributed by atoms with Crippen LogP contribution in [0.25, 0.3) is 6.08 Å². The van der Waals surface area contributed by atoms with Gasteiger partial charge in [0.1, 0.15) is 5.75 Å². The lowest BCUT2D eigenvalue weighted by Gasteiger charge is -2.24. The maximum atomic E-state index is 13.7. The molecule has 0 bridgehead atoms. The fourth-order valence-corrected chi connectivity index (χ4v) is 5.82. The van der Waals surface area contributed by atoms with Crippen molar-refractivity contribution < 1.29 is 19.1 Å². The molecule has 0 fully saturated rings. The summed E-state index contributed by atoms with van der Waals surface area (Å²) in [4.78, 5) is 44.1. The second-order valence-corrected chi connectivity index (χ2v) is 10.6. The zero-order chi connectivity index (χ0) is 26.0. The van der Waals surface area contributed by atoms with Crippen molar-refractivity contribution in [3.8, 4) is 5.75 Å². The van der Waals surface area contributed by atoms with Crippen LogP contribution in [0.15, 0.2) is 72.9 Å². The Kier molecular flexibility index (Phi) is 7.97. The minimum atomic E-state index is -0.656. The van der Waals surface area contributed by atoms with E-state index in [0.29, 0.717) is 30.8 Å². The van der Waals surface area contributed by atoms with Crippen LogP contribution >= 0.6 is 39.0 Å². The number of esters is 2. The first kappa shape index (κ1) is 26.1. The molecule has 0 saturated carbocycles. The second-order valence-electron chi connectivity index (χ2n) is 7.86. The Labute approximate surface area is 224 Å². The summed E-state index contributed by atoms with van der Waals surface area (Å²) in [6.07, 6.45) is 3.74. The van der Waals surface area contributed by atoms with Gasteiger partial charge in [-0.3, -0.25) is 14.2 Å². The number of ether oxygens (including phenoxy) is 2. The van der Waals surface area contributed by atoms with Crippen LogP contribution in [0.5, 0.6) is 5.75 Å². The Hall–Kier alpha value is -2.95. The molecular weight excluding hydrogens is 564 g/mol. The molecule has 186 valence electrons. The Morgan fingerprint density at radius 3 is 2.56 bits per heavy atom. The second kappa shape index (κ2) is 11.0. The lowest BCUT2D eigenvalue weighted by Crippen LogP contribution is -2.39. The number of allylic oxidation sites excluding steroid dienone is 1. The highest BCUT2D eigenvalue weighted by molar-refractivity contribution is 9.10. The Balaban J connectivity index is 1.87. The van der Waals surface area contributed by atoms with Crippen molar-refractivity contribution in [2.75, 3.05) is 12.9 Å². The van der Waals surface area contributed by atoms with Gasteiger partial charge < -0.3 is 9.47 Å². The minimum absolute atomic E-state index is 0.219. The number of carbonyl (C=O) groups is 2. The van der Waals surface area contributed by atoms with E-state index in [1.54, 1.807) is 54.5 Å². The fraction of sp³-hybridized carbons (Fsp3) is 0.231. The van der Waals surface area contributed by atoms with E-state index in [0.717, 1.165) is 16.0 Å². The van der Waals surface area contributed by atoms with Crippen LogP contribution in [0.1, 0.15) is 37.9 Å². The van der Waals surface area contributed by atoms with Gasteiger partial charge in [-0.05, 0) is 77.5 Å². The van der Waals surface area contributed by atoms with Crippen molar-refractivity contribution in [3.05, 3.63) is 89.0 Å². The molecule has 0 saturated heterocycles. The van der Waals surface area contributed by atoms with Crippen molar-refractivity contribution in [2.24, 2.45) is 4.99 Å². The average Bonchev–Trinajstić information content (AvgIpc) is 3.14. The van der Waals surface area contributed by atoms with E-state index in [1.807, 2.05) is 30.5 Å². The zero-order valence-electron chi connectivity index (χ0n) is 20.0. The van der Waals surface area contributed by atoms with E-state index in [1.165, 1.54) is 18.3 Å². The maximum absolute atomic E-state index is 13.7. The van der Waals surface area contributed by atoms with E-state index < -0.39 is 18.0 Å². The monoisotopic (exact) mass is 586 g/mol. The van der Waals surface area contributed by atoms with Gasteiger partial charge in [0.25, 0.3) is 5.56 Å². The summed E-state index contributed by atoms with van der Waals surface area (Å²) in [6, 6.07) is 12.3. The fourth-order valence-electron chi connectivity index (χ4n) is 3.89. The van der Waals surface area contributed by atoms with Gasteiger partial charge in [-0.15, -0.1) is 11.8 Å². The summed E-state index contributed by atoms with van der Waals surface area (Å²) in [5.41, 5.74) is 2.15. The standard InChI is InChI=1S/C26H23BrN2O5S2/c1-5-33-25(32)22-14(2)28-26-29(23(22)17-7-9-18(35-4)10-8-17)24(31)21(36-26)13-16-6-11-20(19(27)12-16)34-15(3)30/h6-13,23H,5H2,1-4H3/b21-13-/t23-/m1/s1. The number of thiazole rings is 1. The molecule has 0 radical (unpaired) electrons. The minimum Gasteiger partial charge on any atom is -0.463 e. The van der Waals surface area contributed by atoms with Gasteiger partial charge in [-0.2, -0.15) is 0 Å². The molecule has 1 aromatic heterocycles. The molecule has 10 heteroatoms. The molecule has 4 rings (SSSR count). The van der Waals surface area contributed by atoms with Gasteiger partial charge in [-0.25, -0.2) is 9.79 Å². The number of halogens is 1. The Bertz CT molecular complexity index is 1550. The Morgan fingerprint density at radius 2 is 1.94 bits per heavy atom. The van der Waals surface area contributed by atoms with Crippen molar-refractivity contribution >= 4 is 57.0 Å². The van der Waals surface area contributed by atoms with Crippen LogP contribution in [0, 0.1) is 0 Å². The molecular formula is C26H23BrN2O5S2. The SMILES string of the molecule is CCOC(=O)C1=C(C)N=c2s/c(=C\c3ccc(OC(C)=O)c(Br)c3)c(=O)n2[C@@H]1c1ccc(SC)cc1. The van der Waals surface area contributed by atoms with Crippen molar-refractivity contribution in [3.63, 3.8) is 0 Å². The zero-order valence-corrected chi connectivity index (χ0v) is 23.3. The molecule has 2 heterocycles. The predicted octanol–water partition coefficient (Wildman–Crippen LogP) is 4.21. The summed E-state index contributed by atoms with van der Waals surface area (Å²) in [5.74, 6) is -0.517. The first-order valence-electron chi connectivity index (χ1n) is 11.0. The third-order valence-corrected chi connectivity index (χ3v) is 7.80. The molecule has 0 N–H and O–H groups in total. The number of nitrogens with zero attached hydrogens (tertiary/aromatic N) is 2. The van der Waals surface area contributed by atoms with Crippen LogP contribution in [0.4, 0.5) is 0 Å². The van der Waals surface area contributed by atoms with Gasteiger partial charge in [0.15, 0.2) is 4.80 Å². The number of carbonyl (C=O) groups excluding carboxylic acids is 2. The lowest BCUT2D eigenvalue weighted by atomic mass is 9.96. The molecule has 7 nitrogen and oxygen atoms in total. The van der Waals surface area contributed by atoms with Gasteiger partial charge in [0.2, 0.25) is 0 Å². The van der Waals surface area contributed by atoms with E-state index in [9.17, 15) is 14.4 Å². The van der Waals surface area contributed by atoms with Crippen molar-refractivity contribution in [1.82, 2.24) is 4.57 Å². The molecule has 1 atom stereocenters. The number of fused-ring (bicyclic) bond motifs is 1. The normalized spacial score (nSPS) is 15.4. The van der Waals surface area contributed by atoms with Crippen LogP contribution in [0.2, 0.25) is 0 Å². The molecule has 0 unspecified atom stereocenters. The third kappa shape index (κ3) is 5.25. The number of aromatic nitrogens is 1. The van der Waals surface area contributed by atoms with Crippen LogP contribution in [-0.2, 0) is 14.3 Å². The van der Waals surface area contributed by atoms with Crippen molar-refractivity contribution in [2.45, 2.75) is 31.7 Å². The highest BCUT2D eigenvalue weighted by Crippen LogP contribution is 2.32. The number of hydrogen-bond donors (Lipinski definition) is 0. The quantitative estimate of drug-likeness (QED) is 0.244. The highest BCUT2D eigenvalue weighted by Gasteiger charge is 2.33. The number of hydrogen-bond acceptors (Lipinski definition) is 8. The summed E-state index contributed by atoms with van der Waals surface area (Å²) >= 11 is 6.27. The number of rotatable bonds is 6. The summed E-state index contributed by atoms with van der Waals surface area (Å²) in [7, 11) is 0. The van der Waals surface area contributed by atoms with Crippen LogP contribution < -0.4 is 19.6 Å². The van der Waals surface area contributed by atoms with E-state index in [-0.39, 0.29) is 12.2 Å².